The highest BCUT2D eigenvalue weighted by atomic mass is 19.4. The Kier molecular flexibility index (Phi) is 9.83. The largest absolute Gasteiger partial charge is 0.417 e. The summed E-state index contributed by atoms with van der Waals surface area (Å²) in [6.45, 7) is 3.89. The van der Waals surface area contributed by atoms with Crippen LogP contribution in [0.2, 0.25) is 0 Å². The SMILES string of the molecule is CC1=C(CCCCCCN2CCN(C(=O)c3ccccc3C(F)(F)F)CC2)C(=O)N(c2ccc(C#N)c(C(F)(F)F)c2)C1=O. The highest BCUT2D eigenvalue weighted by Gasteiger charge is 2.40. The zero-order valence-corrected chi connectivity index (χ0v) is 23.9. The number of piperazine rings is 1. The van der Waals surface area contributed by atoms with Gasteiger partial charge in [0, 0.05) is 37.3 Å². The van der Waals surface area contributed by atoms with Crippen LogP contribution in [0.15, 0.2) is 53.6 Å². The Morgan fingerprint density at radius 2 is 1.48 bits per heavy atom. The minimum Gasteiger partial charge on any atom is -0.336 e. The number of hydrogen-bond donors (Lipinski definition) is 0. The summed E-state index contributed by atoms with van der Waals surface area (Å²) in [4.78, 5) is 42.8. The molecule has 2 heterocycles. The normalized spacial score (nSPS) is 16.6. The number of rotatable bonds is 9. The molecule has 44 heavy (non-hydrogen) atoms. The number of halogens is 6. The van der Waals surface area contributed by atoms with E-state index in [-0.39, 0.29) is 28.8 Å². The zero-order valence-electron chi connectivity index (χ0n) is 23.9. The van der Waals surface area contributed by atoms with E-state index in [2.05, 4.69) is 4.90 Å². The Bertz CT molecular complexity index is 1500. The van der Waals surface area contributed by atoms with Crippen molar-refractivity contribution in [1.82, 2.24) is 9.80 Å². The van der Waals surface area contributed by atoms with Gasteiger partial charge in [0.05, 0.1) is 34.0 Å². The average Bonchev–Trinajstić information content (AvgIpc) is 3.20. The lowest BCUT2D eigenvalue weighted by Crippen LogP contribution is -2.49. The van der Waals surface area contributed by atoms with E-state index in [1.54, 1.807) is 0 Å². The zero-order chi connectivity index (χ0) is 32.2. The van der Waals surface area contributed by atoms with E-state index >= 15 is 0 Å². The van der Waals surface area contributed by atoms with E-state index in [1.165, 1.54) is 36.1 Å². The third kappa shape index (κ3) is 7.13. The summed E-state index contributed by atoms with van der Waals surface area (Å²) in [7, 11) is 0. The molecule has 3 amide bonds. The number of imide groups is 1. The van der Waals surface area contributed by atoms with Crippen LogP contribution in [0.5, 0.6) is 0 Å². The number of nitrogens with zero attached hydrogens (tertiary/aromatic N) is 4. The summed E-state index contributed by atoms with van der Waals surface area (Å²) >= 11 is 0. The average molecular weight is 621 g/mol. The molecule has 7 nitrogen and oxygen atoms in total. The molecule has 0 spiro atoms. The van der Waals surface area contributed by atoms with Crippen LogP contribution >= 0.6 is 0 Å². The molecule has 0 bridgehead atoms. The second-order valence-corrected chi connectivity index (χ2v) is 10.7. The van der Waals surface area contributed by atoms with Gasteiger partial charge in [0.15, 0.2) is 0 Å². The van der Waals surface area contributed by atoms with Gasteiger partial charge in [0.1, 0.15) is 0 Å². The highest BCUT2D eigenvalue weighted by Crippen LogP contribution is 2.37. The summed E-state index contributed by atoms with van der Waals surface area (Å²) in [5.41, 5.74) is -2.94. The van der Waals surface area contributed by atoms with Crippen molar-refractivity contribution in [2.24, 2.45) is 0 Å². The van der Waals surface area contributed by atoms with E-state index in [0.29, 0.717) is 43.6 Å². The fraction of sp³-hybridized carbons (Fsp3) is 0.419. The fourth-order valence-corrected chi connectivity index (χ4v) is 5.47. The van der Waals surface area contributed by atoms with Crippen LogP contribution in [0.1, 0.15) is 66.1 Å². The predicted molar refractivity (Wildman–Crippen MR) is 148 cm³/mol. The molecule has 2 aliphatic rings. The molecule has 4 rings (SSSR count). The van der Waals surface area contributed by atoms with Gasteiger partial charge in [0.2, 0.25) is 0 Å². The first-order valence-electron chi connectivity index (χ1n) is 14.1. The van der Waals surface area contributed by atoms with Crippen molar-refractivity contribution in [2.75, 3.05) is 37.6 Å². The Morgan fingerprint density at radius 3 is 2.11 bits per heavy atom. The fourth-order valence-electron chi connectivity index (χ4n) is 5.47. The van der Waals surface area contributed by atoms with Crippen LogP contribution in [0.25, 0.3) is 0 Å². The van der Waals surface area contributed by atoms with E-state index in [9.17, 15) is 40.7 Å². The molecule has 2 aliphatic heterocycles. The molecule has 0 atom stereocenters. The minimum absolute atomic E-state index is 0.179. The molecular weight excluding hydrogens is 590 g/mol. The predicted octanol–water partition coefficient (Wildman–Crippen LogP) is 6.19. The van der Waals surface area contributed by atoms with Gasteiger partial charge in [-0.3, -0.25) is 19.3 Å². The Hall–Kier alpha value is -4.18. The number of nitriles is 1. The van der Waals surface area contributed by atoms with Gasteiger partial charge >= 0.3 is 12.4 Å². The number of carbonyl (C=O) groups excluding carboxylic acids is 3. The number of amides is 3. The van der Waals surface area contributed by atoms with E-state index in [4.69, 9.17) is 5.26 Å². The lowest BCUT2D eigenvalue weighted by Gasteiger charge is -2.35. The van der Waals surface area contributed by atoms with Gasteiger partial charge < -0.3 is 4.90 Å². The number of unbranched alkanes of at least 4 members (excludes halogenated alkanes) is 3. The molecule has 2 aromatic carbocycles. The molecule has 2 aromatic rings. The van der Waals surface area contributed by atoms with Crippen molar-refractivity contribution in [3.05, 3.63) is 75.9 Å². The number of hydrogen-bond acceptors (Lipinski definition) is 5. The maximum atomic E-state index is 13.4. The van der Waals surface area contributed by atoms with Crippen LogP contribution in [-0.2, 0) is 21.9 Å². The first-order valence-corrected chi connectivity index (χ1v) is 14.1. The summed E-state index contributed by atoms with van der Waals surface area (Å²) in [6.07, 6.45) is -6.22. The van der Waals surface area contributed by atoms with Crippen molar-refractivity contribution in [3.8, 4) is 6.07 Å². The topological polar surface area (TPSA) is 84.7 Å². The number of anilines is 1. The lowest BCUT2D eigenvalue weighted by atomic mass is 10.0. The van der Waals surface area contributed by atoms with Crippen LogP contribution in [-0.4, -0.2) is 60.2 Å². The molecule has 234 valence electrons. The van der Waals surface area contributed by atoms with Crippen molar-refractivity contribution in [2.45, 2.75) is 51.4 Å². The Morgan fingerprint density at radius 1 is 0.841 bits per heavy atom. The van der Waals surface area contributed by atoms with Crippen LogP contribution in [0.4, 0.5) is 32.0 Å². The first kappa shape index (κ1) is 32.7. The quantitative estimate of drug-likeness (QED) is 0.190. The van der Waals surface area contributed by atoms with Gasteiger partial charge in [-0.1, -0.05) is 25.0 Å². The van der Waals surface area contributed by atoms with Gasteiger partial charge in [-0.15, -0.1) is 0 Å². The van der Waals surface area contributed by atoms with Crippen LogP contribution in [0.3, 0.4) is 0 Å². The second kappa shape index (κ2) is 13.2. The van der Waals surface area contributed by atoms with Crippen molar-refractivity contribution in [1.29, 1.82) is 5.26 Å². The second-order valence-electron chi connectivity index (χ2n) is 10.7. The molecule has 1 saturated heterocycles. The van der Waals surface area contributed by atoms with Gasteiger partial charge in [-0.25, -0.2) is 4.90 Å². The van der Waals surface area contributed by atoms with Crippen molar-refractivity contribution >= 4 is 23.4 Å². The molecule has 0 aliphatic carbocycles. The highest BCUT2D eigenvalue weighted by molar-refractivity contribution is 6.32. The third-order valence-corrected chi connectivity index (χ3v) is 7.90. The standard InChI is InChI=1S/C31H30F6N4O3/c1-20-23(29(44)41(27(20)42)22-12-11-21(19-38)26(18-22)31(35,36)37)8-4-2-3-7-13-39-14-16-40(17-15-39)28(43)24-9-5-6-10-25(24)30(32,33)34/h5-6,9-12,18H,2-4,7-8,13-17H2,1H3. The molecule has 13 heteroatoms. The molecule has 0 unspecified atom stereocenters. The molecular formula is C31H30F6N4O3. The van der Waals surface area contributed by atoms with Gasteiger partial charge in [-0.2, -0.15) is 31.6 Å². The van der Waals surface area contributed by atoms with Crippen molar-refractivity contribution < 1.29 is 40.7 Å². The Labute approximate surface area is 250 Å². The smallest absolute Gasteiger partial charge is 0.336 e. The van der Waals surface area contributed by atoms with E-state index < -0.39 is 46.8 Å². The maximum absolute atomic E-state index is 13.4. The van der Waals surface area contributed by atoms with Gasteiger partial charge in [0.25, 0.3) is 17.7 Å². The molecule has 0 N–H and O–H groups in total. The van der Waals surface area contributed by atoms with E-state index in [0.717, 1.165) is 44.0 Å². The van der Waals surface area contributed by atoms with Crippen LogP contribution in [0, 0.1) is 11.3 Å². The van der Waals surface area contributed by atoms with Crippen molar-refractivity contribution in [3.63, 3.8) is 0 Å². The van der Waals surface area contributed by atoms with Gasteiger partial charge in [-0.05, 0) is 63.1 Å². The van der Waals surface area contributed by atoms with Crippen LogP contribution < -0.4 is 4.90 Å². The van der Waals surface area contributed by atoms with E-state index in [1.807, 2.05) is 0 Å². The summed E-state index contributed by atoms with van der Waals surface area (Å²) in [5.74, 6) is -2.00. The summed E-state index contributed by atoms with van der Waals surface area (Å²) < 4.78 is 80.1. The molecule has 0 radical (unpaired) electrons. The number of alkyl halides is 6. The first-order chi connectivity index (χ1) is 20.7. The third-order valence-electron chi connectivity index (χ3n) is 7.90. The monoisotopic (exact) mass is 620 g/mol. The molecule has 0 saturated carbocycles. The molecule has 1 fully saturated rings. The maximum Gasteiger partial charge on any atom is 0.417 e. The molecule has 0 aromatic heterocycles. The number of benzene rings is 2. The summed E-state index contributed by atoms with van der Waals surface area (Å²) in [5, 5.41) is 9.01. The minimum atomic E-state index is -4.83. The summed E-state index contributed by atoms with van der Waals surface area (Å²) in [6, 6.07) is 8.97. The lowest BCUT2D eigenvalue weighted by molar-refractivity contribution is -0.138. The number of carbonyl (C=O) groups is 3. The Balaban J connectivity index is 1.22.